The van der Waals surface area contributed by atoms with E-state index in [4.69, 9.17) is 5.11 Å². The summed E-state index contributed by atoms with van der Waals surface area (Å²) >= 11 is 0. The number of amides is 4. The van der Waals surface area contributed by atoms with Gasteiger partial charge in [0.25, 0.3) is 0 Å². The second-order valence-corrected chi connectivity index (χ2v) is 10.4. The molecule has 3 N–H and O–H groups in total. The molecule has 1 aliphatic carbocycles. The Bertz CT molecular complexity index is 1320. The average Bonchev–Trinajstić information content (AvgIpc) is 2.96. The minimum absolute atomic E-state index is 0.00136. The summed E-state index contributed by atoms with van der Waals surface area (Å²) in [6, 6.07) is 8.65. The van der Waals surface area contributed by atoms with Gasteiger partial charge in [-0.15, -0.1) is 0 Å². The van der Waals surface area contributed by atoms with E-state index in [1.165, 1.54) is 21.7 Å². The molecule has 1 saturated carbocycles. The summed E-state index contributed by atoms with van der Waals surface area (Å²) in [5.74, 6) is -1.93. The van der Waals surface area contributed by atoms with Crippen LogP contribution in [-0.4, -0.2) is 98.4 Å². The van der Waals surface area contributed by atoms with Crippen LogP contribution in [0.3, 0.4) is 0 Å². The first-order valence-electron chi connectivity index (χ1n) is 13.8. The molecule has 2 fully saturated rings. The summed E-state index contributed by atoms with van der Waals surface area (Å²) in [6.07, 6.45) is -1.04. The summed E-state index contributed by atoms with van der Waals surface area (Å²) in [5, 5.41) is 14.0. The van der Waals surface area contributed by atoms with Crippen molar-refractivity contribution in [1.82, 2.24) is 29.6 Å². The molecule has 1 saturated heterocycles. The molecule has 2 aliphatic rings. The minimum atomic E-state index is -4.96. The lowest BCUT2D eigenvalue weighted by Gasteiger charge is -2.36. The molecule has 4 rings (SSSR count). The molecule has 12 nitrogen and oxygen atoms in total. The number of halogens is 3. The summed E-state index contributed by atoms with van der Waals surface area (Å²) in [5.41, 5.74) is 1.03. The van der Waals surface area contributed by atoms with Gasteiger partial charge in [0, 0.05) is 51.0 Å². The minimum Gasteiger partial charge on any atom is -0.465 e. The van der Waals surface area contributed by atoms with Crippen LogP contribution in [-0.2, 0) is 11.3 Å². The average molecular weight is 594 g/mol. The van der Waals surface area contributed by atoms with E-state index in [1.807, 2.05) is 12.1 Å². The molecule has 1 aromatic heterocycles. The van der Waals surface area contributed by atoms with Gasteiger partial charge < -0.3 is 20.2 Å². The highest BCUT2D eigenvalue weighted by Crippen LogP contribution is 2.25. The molecule has 0 spiro atoms. The molecule has 42 heavy (non-hydrogen) atoms. The van der Waals surface area contributed by atoms with Gasteiger partial charge in [0.2, 0.25) is 0 Å². The molecule has 0 unspecified atom stereocenters. The Hall–Kier alpha value is -4.14. The molecule has 0 bridgehead atoms. The Kier molecular flexibility index (Phi) is 9.70. The van der Waals surface area contributed by atoms with E-state index in [1.54, 1.807) is 12.1 Å². The first-order valence-corrected chi connectivity index (χ1v) is 13.8. The Morgan fingerprint density at radius 1 is 1.00 bits per heavy atom. The number of anilines is 1. The first-order chi connectivity index (χ1) is 19.9. The predicted molar refractivity (Wildman–Crippen MR) is 146 cm³/mol. The SMILES string of the molecule is CCN(Cc1ccc(-n2ccc(NC(=O)N3CCN(C(=O)C(F)(F)F)CC3)nc2=O)cc1)[C@H]1CC[C@H](NC(=O)O)CC1. The summed E-state index contributed by atoms with van der Waals surface area (Å²) in [4.78, 5) is 55.7. The van der Waals surface area contributed by atoms with Gasteiger partial charge in [-0.3, -0.25) is 19.6 Å². The smallest absolute Gasteiger partial charge is 0.465 e. The highest BCUT2D eigenvalue weighted by Gasteiger charge is 2.43. The zero-order valence-electron chi connectivity index (χ0n) is 23.1. The van der Waals surface area contributed by atoms with Gasteiger partial charge in [-0.05, 0) is 56.0 Å². The Morgan fingerprint density at radius 3 is 2.17 bits per heavy atom. The number of urea groups is 1. The Balaban J connectivity index is 1.31. The largest absolute Gasteiger partial charge is 0.471 e. The topological polar surface area (TPSA) is 140 Å². The third-order valence-electron chi connectivity index (χ3n) is 7.68. The molecule has 15 heteroatoms. The van der Waals surface area contributed by atoms with E-state index in [-0.39, 0.29) is 38.0 Å². The van der Waals surface area contributed by atoms with Crippen LogP contribution in [0.2, 0.25) is 0 Å². The van der Waals surface area contributed by atoms with Crippen LogP contribution in [0.5, 0.6) is 0 Å². The van der Waals surface area contributed by atoms with Crippen molar-refractivity contribution in [1.29, 1.82) is 0 Å². The van der Waals surface area contributed by atoms with Crippen molar-refractivity contribution in [2.75, 3.05) is 38.0 Å². The van der Waals surface area contributed by atoms with Crippen molar-refractivity contribution in [2.45, 2.75) is 57.4 Å². The number of hydrogen-bond donors (Lipinski definition) is 3. The molecule has 1 aliphatic heterocycles. The highest BCUT2D eigenvalue weighted by molar-refractivity contribution is 5.88. The van der Waals surface area contributed by atoms with E-state index < -0.39 is 29.9 Å². The van der Waals surface area contributed by atoms with E-state index >= 15 is 0 Å². The van der Waals surface area contributed by atoms with Crippen LogP contribution >= 0.6 is 0 Å². The Morgan fingerprint density at radius 2 is 1.62 bits per heavy atom. The maximum atomic E-state index is 12.7. The zero-order chi connectivity index (χ0) is 30.4. The first kappa shape index (κ1) is 30.8. The fraction of sp³-hybridized carbons (Fsp3) is 0.519. The van der Waals surface area contributed by atoms with Gasteiger partial charge in [0.1, 0.15) is 5.82 Å². The number of carbonyl (C=O) groups is 3. The lowest BCUT2D eigenvalue weighted by atomic mass is 9.90. The van der Waals surface area contributed by atoms with Crippen LogP contribution in [0, 0.1) is 0 Å². The molecule has 2 heterocycles. The van der Waals surface area contributed by atoms with Gasteiger partial charge in [-0.1, -0.05) is 19.1 Å². The fourth-order valence-electron chi connectivity index (χ4n) is 5.41. The van der Waals surface area contributed by atoms with E-state index in [9.17, 15) is 32.3 Å². The van der Waals surface area contributed by atoms with E-state index in [0.717, 1.165) is 44.3 Å². The second kappa shape index (κ2) is 13.2. The van der Waals surface area contributed by atoms with Crippen LogP contribution in [0.15, 0.2) is 41.3 Å². The van der Waals surface area contributed by atoms with Gasteiger partial charge in [0.05, 0.1) is 5.69 Å². The molecular formula is C27H34F3N7O5. The van der Waals surface area contributed by atoms with Gasteiger partial charge in [-0.25, -0.2) is 14.4 Å². The lowest BCUT2D eigenvalue weighted by Crippen LogP contribution is -2.54. The van der Waals surface area contributed by atoms with Crippen molar-refractivity contribution in [3.63, 3.8) is 0 Å². The fourth-order valence-corrected chi connectivity index (χ4v) is 5.41. The maximum Gasteiger partial charge on any atom is 0.471 e. The van der Waals surface area contributed by atoms with Gasteiger partial charge >= 0.3 is 29.9 Å². The monoisotopic (exact) mass is 593 g/mol. The van der Waals surface area contributed by atoms with Gasteiger partial charge in [0.15, 0.2) is 0 Å². The summed E-state index contributed by atoms with van der Waals surface area (Å²) < 4.78 is 39.2. The van der Waals surface area contributed by atoms with Crippen LogP contribution in [0.1, 0.15) is 38.2 Å². The van der Waals surface area contributed by atoms with E-state index in [0.29, 0.717) is 16.6 Å². The van der Waals surface area contributed by atoms with E-state index in [2.05, 4.69) is 27.4 Å². The molecule has 1 aromatic carbocycles. The molecule has 2 aromatic rings. The lowest BCUT2D eigenvalue weighted by molar-refractivity contribution is -0.186. The predicted octanol–water partition coefficient (Wildman–Crippen LogP) is 2.87. The molecule has 228 valence electrons. The Labute approximate surface area is 240 Å². The van der Waals surface area contributed by atoms with Crippen LogP contribution in [0.4, 0.5) is 28.6 Å². The van der Waals surface area contributed by atoms with Crippen molar-refractivity contribution < 1.29 is 32.7 Å². The summed E-state index contributed by atoms with van der Waals surface area (Å²) in [6.45, 7) is 2.98. The number of alkyl halides is 3. The second-order valence-electron chi connectivity index (χ2n) is 10.4. The van der Waals surface area contributed by atoms with Crippen molar-refractivity contribution in [3.8, 4) is 5.69 Å². The van der Waals surface area contributed by atoms with Crippen molar-refractivity contribution >= 4 is 23.8 Å². The molecular weight excluding hydrogens is 559 g/mol. The van der Waals surface area contributed by atoms with Gasteiger partial charge in [-0.2, -0.15) is 18.2 Å². The number of benzene rings is 1. The number of piperazine rings is 1. The normalized spacial score (nSPS) is 19.5. The number of carbonyl (C=O) groups excluding carboxylic acids is 2. The zero-order valence-corrected chi connectivity index (χ0v) is 23.1. The number of nitrogens with zero attached hydrogens (tertiary/aromatic N) is 5. The highest BCUT2D eigenvalue weighted by atomic mass is 19.4. The van der Waals surface area contributed by atoms with Crippen molar-refractivity contribution in [2.24, 2.45) is 0 Å². The summed E-state index contributed by atoms with van der Waals surface area (Å²) in [7, 11) is 0. The standard InChI is InChI=1S/C27H34F3N7O5/c1-2-34(20-9-5-19(6-10-20)31-26(41)42)17-18-3-7-21(8-4-18)37-12-11-22(33-25(37)40)32-24(39)36-15-13-35(14-16-36)23(38)27(28,29)30/h3-4,7-8,11-12,19-20,31H,2,5-6,9-10,13-17H2,1H3,(H,41,42)(H,32,33,39,40)/t19-,20-. The number of hydrogen-bond acceptors (Lipinski definition) is 6. The van der Waals surface area contributed by atoms with Crippen LogP contribution in [0.25, 0.3) is 5.69 Å². The van der Waals surface area contributed by atoms with Crippen molar-refractivity contribution in [3.05, 3.63) is 52.6 Å². The molecule has 4 amide bonds. The van der Waals surface area contributed by atoms with Crippen LogP contribution < -0.4 is 16.3 Å². The molecule has 0 radical (unpaired) electrons. The number of rotatable bonds is 7. The molecule has 0 atom stereocenters. The number of aromatic nitrogens is 2. The quantitative estimate of drug-likeness (QED) is 0.449. The number of nitrogens with one attached hydrogen (secondary N) is 2. The maximum absolute atomic E-state index is 12.7. The third-order valence-corrected chi connectivity index (χ3v) is 7.68. The number of carboxylic acid groups (broad SMARTS) is 1. The third kappa shape index (κ3) is 7.78.